The molecular weight excluding hydrogens is 280 g/mol. The van der Waals surface area contributed by atoms with Gasteiger partial charge in [-0.2, -0.15) is 0 Å². The lowest BCUT2D eigenvalue weighted by Gasteiger charge is -2.16. The van der Waals surface area contributed by atoms with Crippen molar-refractivity contribution in [1.29, 1.82) is 0 Å². The van der Waals surface area contributed by atoms with Crippen LogP contribution in [0.3, 0.4) is 0 Å². The summed E-state index contributed by atoms with van der Waals surface area (Å²) in [5, 5.41) is 14.4. The number of amides is 2. The van der Waals surface area contributed by atoms with Crippen molar-refractivity contribution in [2.75, 3.05) is 6.54 Å². The van der Waals surface area contributed by atoms with Gasteiger partial charge >= 0.3 is 12.0 Å². The number of hydrogen-bond acceptors (Lipinski definition) is 2. The van der Waals surface area contributed by atoms with Crippen molar-refractivity contribution in [3.8, 4) is 0 Å². The Kier molecular flexibility index (Phi) is 6.06. The number of aliphatic carboxylic acids is 1. The molecule has 0 spiro atoms. The Balaban J connectivity index is 2.74. The normalized spacial score (nSPS) is 11.3. The number of urea groups is 1. The van der Waals surface area contributed by atoms with Gasteiger partial charge in [0.25, 0.3) is 0 Å². The van der Waals surface area contributed by atoms with Crippen LogP contribution in [0, 0.1) is 0 Å². The molecule has 1 aromatic carbocycles. The molecule has 0 saturated carbocycles. The lowest BCUT2D eigenvalue weighted by molar-refractivity contribution is -0.139. The number of hydrogen-bond donors (Lipinski definition) is 3. The molecule has 1 rings (SSSR count). The first kappa shape index (κ1) is 16.0. The molecule has 20 heavy (non-hydrogen) atoms. The second-order valence-electron chi connectivity index (χ2n) is 4.43. The van der Waals surface area contributed by atoms with E-state index in [0.29, 0.717) is 17.1 Å². The third-order valence-corrected chi connectivity index (χ3v) is 2.86. The highest BCUT2D eigenvalue weighted by Gasteiger charge is 2.23. The topological polar surface area (TPSA) is 78.4 Å². The average molecular weight is 297 g/mol. The Hall–Kier alpha value is -2.01. The minimum atomic E-state index is -1.18. The quantitative estimate of drug-likeness (QED) is 0.731. The van der Waals surface area contributed by atoms with Crippen molar-refractivity contribution >= 4 is 23.6 Å². The fourth-order valence-corrected chi connectivity index (χ4v) is 1.76. The summed E-state index contributed by atoms with van der Waals surface area (Å²) in [6.07, 6.45) is 1.82. The summed E-state index contributed by atoms with van der Waals surface area (Å²) in [7, 11) is 0. The Morgan fingerprint density at radius 2 is 2.00 bits per heavy atom. The minimum absolute atomic E-state index is 0.296. The number of halogens is 1. The first-order chi connectivity index (χ1) is 9.41. The van der Waals surface area contributed by atoms with E-state index in [0.717, 1.165) is 5.57 Å². The van der Waals surface area contributed by atoms with Crippen LogP contribution in [0.5, 0.6) is 0 Å². The number of nitrogens with one attached hydrogen (secondary N) is 2. The molecule has 0 fully saturated rings. The molecule has 6 heteroatoms. The van der Waals surface area contributed by atoms with Crippen molar-refractivity contribution in [1.82, 2.24) is 10.6 Å². The Bertz CT molecular complexity index is 525. The number of rotatable bonds is 5. The molecule has 0 radical (unpaired) electrons. The number of carboxylic acids is 1. The summed E-state index contributed by atoms with van der Waals surface area (Å²) in [6, 6.07) is 4.76. The number of carbonyl (C=O) groups excluding carboxylic acids is 1. The molecule has 0 aliphatic carbocycles. The van der Waals surface area contributed by atoms with Crippen LogP contribution >= 0.6 is 11.6 Å². The molecule has 3 N–H and O–H groups in total. The third-order valence-electron chi connectivity index (χ3n) is 2.51. The summed E-state index contributed by atoms with van der Waals surface area (Å²) in [4.78, 5) is 22.9. The van der Waals surface area contributed by atoms with Gasteiger partial charge in [-0.05, 0) is 19.9 Å². The largest absolute Gasteiger partial charge is 0.479 e. The Morgan fingerprint density at radius 3 is 2.55 bits per heavy atom. The molecule has 1 aromatic rings. The zero-order valence-corrected chi connectivity index (χ0v) is 12.1. The van der Waals surface area contributed by atoms with Crippen LogP contribution in [0.25, 0.3) is 0 Å². The van der Waals surface area contributed by atoms with Crippen LogP contribution in [0.1, 0.15) is 25.5 Å². The molecule has 0 bridgehead atoms. The van der Waals surface area contributed by atoms with Gasteiger partial charge < -0.3 is 15.7 Å². The Morgan fingerprint density at radius 1 is 1.35 bits per heavy atom. The van der Waals surface area contributed by atoms with E-state index < -0.39 is 18.0 Å². The highest BCUT2D eigenvalue weighted by atomic mass is 35.5. The lowest BCUT2D eigenvalue weighted by atomic mass is 10.1. The van der Waals surface area contributed by atoms with E-state index in [-0.39, 0.29) is 0 Å². The monoisotopic (exact) mass is 296 g/mol. The number of benzene rings is 1. The van der Waals surface area contributed by atoms with Gasteiger partial charge in [-0.1, -0.05) is 41.4 Å². The predicted molar refractivity (Wildman–Crippen MR) is 77.8 cm³/mol. The summed E-state index contributed by atoms with van der Waals surface area (Å²) < 4.78 is 0. The summed E-state index contributed by atoms with van der Waals surface area (Å²) in [5.41, 5.74) is 1.41. The molecule has 0 unspecified atom stereocenters. The van der Waals surface area contributed by atoms with Gasteiger partial charge in [0.1, 0.15) is 0 Å². The second kappa shape index (κ2) is 7.55. The van der Waals surface area contributed by atoms with E-state index in [1.165, 1.54) is 0 Å². The van der Waals surface area contributed by atoms with E-state index in [1.54, 1.807) is 24.3 Å². The fourth-order valence-electron chi connectivity index (χ4n) is 1.51. The van der Waals surface area contributed by atoms with Crippen molar-refractivity contribution in [3.05, 3.63) is 46.5 Å². The zero-order chi connectivity index (χ0) is 15.1. The van der Waals surface area contributed by atoms with Gasteiger partial charge in [0.2, 0.25) is 0 Å². The van der Waals surface area contributed by atoms with Crippen molar-refractivity contribution < 1.29 is 14.7 Å². The van der Waals surface area contributed by atoms with Crippen LogP contribution in [0.4, 0.5) is 4.79 Å². The first-order valence-electron chi connectivity index (χ1n) is 6.06. The van der Waals surface area contributed by atoms with Crippen LogP contribution in [-0.2, 0) is 4.79 Å². The van der Waals surface area contributed by atoms with Gasteiger partial charge in [0.05, 0.1) is 0 Å². The number of carboxylic acid groups (broad SMARTS) is 1. The smallest absolute Gasteiger partial charge is 0.331 e. The molecule has 0 aromatic heterocycles. The second-order valence-corrected chi connectivity index (χ2v) is 4.84. The number of carbonyl (C=O) groups is 2. The lowest BCUT2D eigenvalue weighted by Crippen LogP contribution is -2.41. The Labute approximate surface area is 122 Å². The third kappa shape index (κ3) is 4.93. The van der Waals surface area contributed by atoms with Crippen molar-refractivity contribution in [2.24, 2.45) is 0 Å². The summed E-state index contributed by atoms with van der Waals surface area (Å²) in [6.45, 7) is 4.15. The van der Waals surface area contributed by atoms with Crippen LogP contribution in [0.15, 0.2) is 35.9 Å². The predicted octanol–water partition coefficient (Wildman–Crippen LogP) is 2.73. The molecule has 1 atom stereocenters. The molecular formula is C14H17ClN2O3. The molecule has 5 nitrogen and oxygen atoms in total. The van der Waals surface area contributed by atoms with Gasteiger partial charge in [0.15, 0.2) is 6.04 Å². The molecule has 0 saturated heterocycles. The highest BCUT2D eigenvalue weighted by Crippen LogP contribution is 2.22. The standard InChI is InChI=1S/C14H17ClN2O3/c1-9(2)7-8-16-14(20)17-12(13(18)19)10-5-3-4-6-11(10)15/h3-7,12H,8H2,1-2H3,(H,18,19)(H2,16,17,20)/t12-/m1/s1. The van der Waals surface area contributed by atoms with E-state index in [9.17, 15) is 14.7 Å². The van der Waals surface area contributed by atoms with Gasteiger partial charge in [-0.15, -0.1) is 0 Å². The van der Waals surface area contributed by atoms with E-state index in [4.69, 9.17) is 11.6 Å². The molecule has 0 heterocycles. The SMILES string of the molecule is CC(C)=CCNC(=O)N[C@@H](C(=O)O)c1ccccc1Cl. The molecule has 2 amide bonds. The maximum atomic E-state index is 11.7. The molecule has 0 aliphatic heterocycles. The van der Waals surface area contributed by atoms with Crippen LogP contribution in [-0.4, -0.2) is 23.7 Å². The molecule has 0 aliphatic rings. The average Bonchev–Trinajstić information content (AvgIpc) is 2.36. The van der Waals surface area contributed by atoms with E-state index in [2.05, 4.69) is 10.6 Å². The maximum absolute atomic E-state index is 11.7. The van der Waals surface area contributed by atoms with Crippen molar-refractivity contribution in [3.63, 3.8) is 0 Å². The summed E-state index contributed by atoms with van der Waals surface area (Å²) in [5.74, 6) is -1.17. The summed E-state index contributed by atoms with van der Waals surface area (Å²) >= 11 is 5.95. The van der Waals surface area contributed by atoms with Crippen LogP contribution < -0.4 is 10.6 Å². The van der Waals surface area contributed by atoms with Crippen molar-refractivity contribution in [2.45, 2.75) is 19.9 Å². The zero-order valence-electron chi connectivity index (χ0n) is 11.3. The number of allylic oxidation sites excluding steroid dienone is 1. The fraction of sp³-hybridized carbons (Fsp3) is 0.286. The van der Waals surface area contributed by atoms with Gasteiger partial charge in [-0.25, -0.2) is 9.59 Å². The van der Waals surface area contributed by atoms with E-state index in [1.807, 2.05) is 19.9 Å². The van der Waals surface area contributed by atoms with Gasteiger partial charge in [-0.3, -0.25) is 0 Å². The van der Waals surface area contributed by atoms with Gasteiger partial charge in [0, 0.05) is 17.1 Å². The van der Waals surface area contributed by atoms with E-state index >= 15 is 0 Å². The minimum Gasteiger partial charge on any atom is -0.479 e. The highest BCUT2D eigenvalue weighted by molar-refractivity contribution is 6.31. The maximum Gasteiger partial charge on any atom is 0.331 e. The first-order valence-corrected chi connectivity index (χ1v) is 6.44. The van der Waals surface area contributed by atoms with Crippen LogP contribution in [0.2, 0.25) is 5.02 Å². The molecule has 108 valence electrons.